The Bertz CT molecular complexity index is 1170. The van der Waals surface area contributed by atoms with Crippen LogP contribution in [-0.4, -0.2) is 61.4 Å². The first-order chi connectivity index (χ1) is 16.1. The summed E-state index contributed by atoms with van der Waals surface area (Å²) in [6.45, 7) is 6.79. The van der Waals surface area contributed by atoms with Crippen molar-refractivity contribution in [3.63, 3.8) is 0 Å². The van der Waals surface area contributed by atoms with Crippen molar-refractivity contribution in [3.8, 4) is 5.75 Å². The molecule has 2 aromatic heterocycles. The number of nitrogens with one attached hydrogen (secondary N) is 2. The van der Waals surface area contributed by atoms with Crippen LogP contribution >= 0.6 is 15.9 Å². The van der Waals surface area contributed by atoms with Gasteiger partial charge in [-0.25, -0.2) is 9.97 Å². The van der Waals surface area contributed by atoms with Gasteiger partial charge in [0, 0.05) is 51.4 Å². The van der Waals surface area contributed by atoms with E-state index in [0.29, 0.717) is 22.3 Å². The van der Waals surface area contributed by atoms with Crippen LogP contribution in [-0.2, 0) is 19.4 Å². The van der Waals surface area contributed by atoms with Gasteiger partial charge in [-0.3, -0.25) is 4.79 Å². The third kappa shape index (κ3) is 4.90. The Morgan fingerprint density at radius 3 is 2.55 bits per heavy atom. The number of pyridine rings is 1. The minimum atomic E-state index is -0.0388. The highest BCUT2D eigenvalue weighted by atomic mass is 79.9. The number of halogens is 1. The molecule has 33 heavy (non-hydrogen) atoms. The standard InChI is InChI=1S/C24H31BrN6O2/c1-4-19-21(30-13-11-27-12-14-30)22(32)20-24(28-18(9-10-26-2)23(25)29-20)31(19)15-16-5-7-17(33-3)8-6-16/h5-8,26-27H,4,9-15H2,1-3H3. The Kier molecular flexibility index (Phi) is 7.62. The quantitative estimate of drug-likeness (QED) is 0.477. The van der Waals surface area contributed by atoms with Gasteiger partial charge in [-0.1, -0.05) is 19.1 Å². The minimum absolute atomic E-state index is 0.0388. The number of aromatic nitrogens is 3. The van der Waals surface area contributed by atoms with E-state index in [1.165, 1.54) is 0 Å². The van der Waals surface area contributed by atoms with E-state index in [-0.39, 0.29) is 5.43 Å². The zero-order chi connectivity index (χ0) is 23.4. The minimum Gasteiger partial charge on any atom is -0.497 e. The molecule has 1 aliphatic heterocycles. The van der Waals surface area contributed by atoms with Gasteiger partial charge in [0.05, 0.1) is 12.8 Å². The summed E-state index contributed by atoms with van der Waals surface area (Å²) in [5, 5.41) is 6.54. The van der Waals surface area contributed by atoms with Crippen LogP contribution in [0.5, 0.6) is 5.75 Å². The summed E-state index contributed by atoms with van der Waals surface area (Å²) in [6, 6.07) is 8.04. The molecule has 9 heteroatoms. The van der Waals surface area contributed by atoms with Crippen LogP contribution in [0.2, 0.25) is 0 Å². The van der Waals surface area contributed by atoms with Gasteiger partial charge in [0.1, 0.15) is 16.0 Å². The van der Waals surface area contributed by atoms with Crippen LogP contribution in [0.1, 0.15) is 23.9 Å². The number of hydrogen-bond acceptors (Lipinski definition) is 7. The third-order valence-electron chi connectivity index (χ3n) is 6.07. The first kappa shape index (κ1) is 23.7. The number of rotatable bonds is 8. The second kappa shape index (κ2) is 10.6. The number of likely N-dealkylation sites (N-methyl/N-ethyl adjacent to an activating group) is 1. The molecule has 0 amide bonds. The number of benzene rings is 1. The molecule has 2 N–H and O–H groups in total. The van der Waals surface area contributed by atoms with Crippen LogP contribution in [0.15, 0.2) is 33.7 Å². The van der Waals surface area contributed by atoms with E-state index in [1.807, 2.05) is 19.2 Å². The highest BCUT2D eigenvalue weighted by molar-refractivity contribution is 9.10. The predicted molar refractivity (Wildman–Crippen MR) is 136 cm³/mol. The van der Waals surface area contributed by atoms with Crippen molar-refractivity contribution in [2.45, 2.75) is 26.3 Å². The van der Waals surface area contributed by atoms with Crippen LogP contribution in [0, 0.1) is 0 Å². The average Bonchev–Trinajstić information content (AvgIpc) is 2.85. The lowest BCUT2D eigenvalue weighted by Crippen LogP contribution is -2.46. The maximum atomic E-state index is 13.7. The first-order valence-electron chi connectivity index (χ1n) is 11.4. The third-order valence-corrected chi connectivity index (χ3v) is 6.70. The molecule has 176 valence electrons. The van der Waals surface area contributed by atoms with Crippen molar-refractivity contribution in [1.29, 1.82) is 0 Å². The molecule has 0 atom stereocenters. The van der Waals surface area contributed by atoms with Gasteiger partial charge in [-0.15, -0.1) is 0 Å². The van der Waals surface area contributed by atoms with Crippen molar-refractivity contribution in [2.24, 2.45) is 0 Å². The summed E-state index contributed by atoms with van der Waals surface area (Å²) >= 11 is 3.56. The molecule has 4 rings (SSSR count). The highest BCUT2D eigenvalue weighted by Crippen LogP contribution is 2.26. The molecule has 1 saturated heterocycles. The van der Waals surface area contributed by atoms with Crippen molar-refractivity contribution in [1.82, 2.24) is 25.2 Å². The van der Waals surface area contributed by atoms with E-state index in [0.717, 1.165) is 74.0 Å². The number of methoxy groups -OCH3 is 1. The summed E-state index contributed by atoms with van der Waals surface area (Å²) in [7, 11) is 3.58. The number of nitrogens with zero attached hydrogens (tertiary/aromatic N) is 4. The monoisotopic (exact) mass is 514 g/mol. The van der Waals surface area contributed by atoms with E-state index < -0.39 is 0 Å². The fraction of sp³-hybridized carbons (Fsp3) is 0.458. The van der Waals surface area contributed by atoms with E-state index in [4.69, 9.17) is 14.7 Å². The first-order valence-corrected chi connectivity index (χ1v) is 12.2. The molecule has 3 aromatic rings. The molecule has 8 nitrogen and oxygen atoms in total. The van der Waals surface area contributed by atoms with Gasteiger partial charge in [-0.2, -0.15) is 0 Å². The van der Waals surface area contributed by atoms with E-state index in [1.54, 1.807) is 7.11 Å². The maximum absolute atomic E-state index is 13.7. The fourth-order valence-corrected chi connectivity index (χ4v) is 4.80. The zero-order valence-electron chi connectivity index (χ0n) is 19.4. The number of piperazine rings is 1. The Balaban J connectivity index is 1.94. The van der Waals surface area contributed by atoms with Gasteiger partial charge in [0.15, 0.2) is 11.2 Å². The predicted octanol–water partition coefficient (Wildman–Crippen LogP) is 2.34. The van der Waals surface area contributed by atoms with Crippen molar-refractivity contribution in [2.75, 3.05) is 51.8 Å². The zero-order valence-corrected chi connectivity index (χ0v) is 21.0. The molecule has 0 aliphatic carbocycles. The topological polar surface area (TPSA) is 84.3 Å². The Labute approximate surface area is 202 Å². The largest absolute Gasteiger partial charge is 0.497 e. The lowest BCUT2D eigenvalue weighted by Gasteiger charge is -2.32. The molecule has 0 radical (unpaired) electrons. The molecule has 0 bridgehead atoms. The summed E-state index contributed by atoms with van der Waals surface area (Å²) < 4.78 is 8.13. The average molecular weight is 515 g/mol. The van der Waals surface area contributed by atoms with Gasteiger partial charge in [-0.05, 0) is 47.1 Å². The molecular formula is C24H31BrN6O2. The van der Waals surface area contributed by atoms with Crippen LogP contribution < -0.4 is 25.7 Å². The second-order valence-corrected chi connectivity index (χ2v) is 8.89. The molecular weight excluding hydrogens is 484 g/mol. The fourth-order valence-electron chi connectivity index (χ4n) is 4.34. The maximum Gasteiger partial charge on any atom is 0.233 e. The van der Waals surface area contributed by atoms with Crippen LogP contribution in [0.3, 0.4) is 0 Å². The van der Waals surface area contributed by atoms with E-state index in [2.05, 4.69) is 55.1 Å². The van der Waals surface area contributed by atoms with Crippen molar-refractivity contribution >= 4 is 32.8 Å². The van der Waals surface area contributed by atoms with Gasteiger partial charge in [0.2, 0.25) is 5.43 Å². The number of ether oxygens (including phenoxy) is 1. The van der Waals surface area contributed by atoms with E-state index >= 15 is 0 Å². The summed E-state index contributed by atoms with van der Waals surface area (Å²) in [6.07, 6.45) is 1.45. The molecule has 1 fully saturated rings. The molecule has 0 unspecified atom stereocenters. The Morgan fingerprint density at radius 1 is 1.18 bits per heavy atom. The van der Waals surface area contributed by atoms with Gasteiger partial charge >= 0.3 is 0 Å². The summed E-state index contributed by atoms with van der Waals surface area (Å²) in [5.74, 6) is 0.818. The number of anilines is 1. The molecule has 1 aromatic carbocycles. The highest BCUT2D eigenvalue weighted by Gasteiger charge is 2.24. The number of hydrogen-bond donors (Lipinski definition) is 2. The molecule has 0 saturated carbocycles. The normalized spacial score (nSPS) is 14.1. The number of fused-ring (bicyclic) bond motifs is 1. The van der Waals surface area contributed by atoms with Crippen LogP contribution in [0.25, 0.3) is 11.2 Å². The molecule has 0 spiro atoms. The Morgan fingerprint density at radius 2 is 1.91 bits per heavy atom. The smallest absolute Gasteiger partial charge is 0.233 e. The SMILES string of the molecule is CCc1c(N2CCNCC2)c(=O)c2nc(Br)c(CCNC)nc2n1Cc1ccc(OC)cc1. The van der Waals surface area contributed by atoms with Crippen molar-refractivity contribution in [3.05, 3.63) is 56.0 Å². The van der Waals surface area contributed by atoms with Gasteiger partial charge < -0.3 is 24.8 Å². The van der Waals surface area contributed by atoms with Crippen LogP contribution in [0.4, 0.5) is 5.69 Å². The summed E-state index contributed by atoms with van der Waals surface area (Å²) in [4.78, 5) is 25.6. The Hall–Kier alpha value is -2.49. The molecule has 1 aliphatic rings. The molecule has 3 heterocycles. The van der Waals surface area contributed by atoms with E-state index in [9.17, 15) is 4.79 Å². The second-order valence-electron chi connectivity index (χ2n) is 8.14. The summed E-state index contributed by atoms with van der Waals surface area (Å²) in [5.41, 5.74) is 4.73. The van der Waals surface area contributed by atoms with Crippen molar-refractivity contribution < 1.29 is 4.74 Å². The lowest BCUT2D eigenvalue weighted by molar-refractivity contribution is 0.414. The lowest BCUT2D eigenvalue weighted by atomic mass is 10.1. The van der Waals surface area contributed by atoms with Gasteiger partial charge in [0.25, 0.3) is 0 Å².